The summed E-state index contributed by atoms with van der Waals surface area (Å²) >= 11 is 0. The van der Waals surface area contributed by atoms with Gasteiger partial charge in [-0.05, 0) is 48.6 Å². The maximum atomic E-state index is 5.96. The van der Waals surface area contributed by atoms with Crippen LogP contribution in [0.25, 0.3) is 0 Å². The van der Waals surface area contributed by atoms with Crippen LogP contribution in [0.2, 0.25) is 0 Å². The Kier molecular flexibility index (Phi) is 5.85. The molecule has 0 spiro atoms. The maximum absolute atomic E-state index is 5.96. The van der Waals surface area contributed by atoms with Crippen LogP contribution in [-0.4, -0.2) is 44.3 Å². The monoisotopic (exact) mass is 352 g/mol. The second-order valence-corrected chi connectivity index (χ2v) is 7.16. The lowest BCUT2D eigenvalue weighted by Gasteiger charge is -2.41. The van der Waals surface area contributed by atoms with Crippen LogP contribution in [0.1, 0.15) is 24.4 Å². The Labute approximate surface area is 156 Å². The molecule has 0 bridgehead atoms. The molecule has 138 valence electrons. The normalized spacial score (nSPS) is 20.6. The number of nitrogens with one attached hydrogen (secondary N) is 1. The van der Waals surface area contributed by atoms with Gasteiger partial charge in [0.2, 0.25) is 0 Å². The first-order chi connectivity index (χ1) is 12.9. The second kappa shape index (κ2) is 8.67. The van der Waals surface area contributed by atoms with Gasteiger partial charge in [-0.3, -0.25) is 4.90 Å². The highest BCUT2D eigenvalue weighted by molar-refractivity contribution is 5.34. The number of ether oxygens (including phenoxy) is 2. The third-order valence-corrected chi connectivity index (χ3v) is 5.46. The van der Waals surface area contributed by atoms with Crippen LogP contribution >= 0.6 is 0 Å². The first-order valence-corrected chi connectivity index (χ1v) is 9.75. The summed E-state index contributed by atoms with van der Waals surface area (Å²) in [6.07, 6.45) is 2.30. The fourth-order valence-electron chi connectivity index (χ4n) is 4.13. The highest BCUT2D eigenvalue weighted by Gasteiger charge is 2.31. The molecule has 0 unspecified atom stereocenters. The zero-order valence-electron chi connectivity index (χ0n) is 15.3. The summed E-state index contributed by atoms with van der Waals surface area (Å²) in [6, 6.07) is 19.2. The number of para-hydroxylation sites is 1. The number of nitrogens with zero attached hydrogens (tertiary/aromatic N) is 1. The van der Waals surface area contributed by atoms with Gasteiger partial charge in [0.25, 0.3) is 0 Å². The molecular formula is C22H28N2O2. The summed E-state index contributed by atoms with van der Waals surface area (Å²) in [5.41, 5.74) is 1.40. The van der Waals surface area contributed by atoms with Crippen LogP contribution in [0.15, 0.2) is 54.6 Å². The first kappa shape index (κ1) is 17.5. The minimum absolute atomic E-state index is 0.478. The van der Waals surface area contributed by atoms with Crippen molar-refractivity contribution in [2.45, 2.75) is 18.9 Å². The Balaban J connectivity index is 1.52. The van der Waals surface area contributed by atoms with E-state index in [2.05, 4.69) is 34.5 Å². The van der Waals surface area contributed by atoms with Crippen molar-refractivity contribution in [1.82, 2.24) is 10.2 Å². The molecule has 2 fully saturated rings. The Morgan fingerprint density at radius 3 is 2.23 bits per heavy atom. The standard InChI is InChI=1S/C22H28N2O2/c1-2-4-20(5-3-1)26-21-8-6-18(7-9-21)22(19-10-16-25-17-11-19)24-14-12-23-13-15-24/h1-9,19,22-23H,10-17H2/t22-/m0/s1. The Bertz CT molecular complexity index is 644. The smallest absolute Gasteiger partial charge is 0.127 e. The summed E-state index contributed by atoms with van der Waals surface area (Å²) in [5, 5.41) is 3.47. The van der Waals surface area contributed by atoms with E-state index in [1.165, 1.54) is 5.56 Å². The summed E-state index contributed by atoms with van der Waals surface area (Å²) in [6.45, 7) is 6.17. The molecule has 2 aromatic carbocycles. The molecule has 1 atom stereocenters. The van der Waals surface area contributed by atoms with Crippen LogP contribution in [0.3, 0.4) is 0 Å². The van der Waals surface area contributed by atoms with E-state index in [1.807, 2.05) is 30.3 Å². The topological polar surface area (TPSA) is 33.7 Å². The van der Waals surface area contributed by atoms with E-state index in [4.69, 9.17) is 9.47 Å². The minimum atomic E-state index is 0.478. The highest BCUT2D eigenvalue weighted by Crippen LogP contribution is 2.36. The molecule has 0 radical (unpaired) electrons. The van der Waals surface area contributed by atoms with Crippen LogP contribution in [0, 0.1) is 5.92 Å². The molecule has 4 heteroatoms. The van der Waals surface area contributed by atoms with Crippen molar-refractivity contribution < 1.29 is 9.47 Å². The number of rotatable bonds is 5. The fourth-order valence-corrected chi connectivity index (χ4v) is 4.13. The molecule has 4 rings (SSSR count). The summed E-state index contributed by atoms with van der Waals surface area (Å²) in [7, 11) is 0. The molecule has 2 heterocycles. The van der Waals surface area contributed by atoms with Crippen molar-refractivity contribution in [1.29, 1.82) is 0 Å². The Morgan fingerprint density at radius 1 is 0.885 bits per heavy atom. The second-order valence-electron chi connectivity index (χ2n) is 7.16. The first-order valence-electron chi connectivity index (χ1n) is 9.75. The van der Waals surface area contributed by atoms with Gasteiger partial charge in [-0.25, -0.2) is 0 Å². The lowest BCUT2D eigenvalue weighted by Crippen LogP contribution is -2.47. The molecule has 2 saturated heterocycles. The largest absolute Gasteiger partial charge is 0.457 e. The molecule has 1 N–H and O–H groups in total. The van der Waals surface area contributed by atoms with E-state index in [-0.39, 0.29) is 0 Å². The van der Waals surface area contributed by atoms with Crippen LogP contribution in [-0.2, 0) is 4.74 Å². The van der Waals surface area contributed by atoms with Gasteiger partial charge in [0, 0.05) is 45.4 Å². The van der Waals surface area contributed by atoms with Gasteiger partial charge in [0.15, 0.2) is 0 Å². The molecule has 4 nitrogen and oxygen atoms in total. The van der Waals surface area contributed by atoms with Crippen molar-refractivity contribution in [3.05, 3.63) is 60.2 Å². The molecule has 2 aliphatic heterocycles. The van der Waals surface area contributed by atoms with Gasteiger partial charge in [0.1, 0.15) is 11.5 Å². The van der Waals surface area contributed by atoms with Crippen LogP contribution in [0.4, 0.5) is 0 Å². The van der Waals surface area contributed by atoms with Gasteiger partial charge in [-0.1, -0.05) is 30.3 Å². The van der Waals surface area contributed by atoms with Gasteiger partial charge in [0.05, 0.1) is 0 Å². The quantitative estimate of drug-likeness (QED) is 0.886. The van der Waals surface area contributed by atoms with E-state index in [1.54, 1.807) is 0 Å². The van der Waals surface area contributed by atoms with E-state index in [9.17, 15) is 0 Å². The van der Waals surface area contributed by atoms with Gasteiger partial charge in [-0.2, -0.15) is 0 Å². The average molecular weight is 352 g/mol. The van der Waals surface area contributed by atoms with Gasteiger partial charge >= 0.3 is 0 Å². The lowest BCUT2D eigenvalue weighted by molar-refractivity contribution is 0.0213. The molecule has 0 aliphatic carbocycles. The lowest BCUT2D eigenvalue weighted by atomic mass is 9.85. The van der Waals surface area contributed by atoms with E-state index in [0.717, 1.165) is 63.7 Å². The van der Waals surface area contributed by atoms with Crippen molar-refractivity contribution >= 4 is 0 Å². The number of hydrogen-bond acceptors (Lipinski definition) is 4. The zero-order valence-corrected chi connectivity index (χ0v) is 15.3. The van der Waals surface area contributed by atoms with E-state index < -0.39 is 0 Å². The van der Waals surface area contributed by atoms with Crippen molar-refractivity contribution in [2.75, 3.05) is 39.4 Å². The molecule has 0 aromatic heterocycles. The predicted molar refractivity (Wildman–Crippen MR) is 104 cm³/mol. The minimum Gasteiger partial charge on any atom is -0.457 e. The third-order valence-electron chi connectivity index (χ3n) is 5.46. The van der Waals surface area contributed by atoms with E-state index >= 15 is 0 Å². The Morgan fingerprint density at radius 2 is 1.54 bits per heavy atom. The molecular weight excluding hydrogens is 324 g/mol. The van der Waals surface area contributed by atoms with Gasteiger partial charge in [-0.15, -0.1) is 0 Å². The highest BCUT2D eigenvalue weighted by atomic mass is 16.5. The van der Waals surface area contributed by atoms with Crippen molar-refractivity contribution in [2.24, 2.45) is 5.92 Å². The molecule has 2 aliphatic rings. The van der Waals surface area contributed by atoms with E-state index in [0.29, 0.717) is 12.0 Å². The van der Waals surface area contributed by atoms with Crippen molar-refractivity contribution in [3.63, 3.8) is 0 Å². The van der Waals surface area contributed by atoms with Gasteiger partial charge < -0.3 is 14.8 Å². The summed E-state index contributed by atoms with van der Waals surface area (Å²) in [4.78, 5) is 2.65. The maximum Gasteiger partial charge on any atom is 0.127 e. The third kappa shape index (κ3) is 4.26. The Hall–Kier alpha value is -1.88. The summed E-state index contributed by atoms with van der Waals surface area (Å²) in [5.74, 6) is 2.44. The van der Waals surface area contributed by atoms with Crippen molar-refractivity contribution in [3.8, 4) is 11.5 Å². The molecule has 0 amide bonds. The molecule has 0 saturated carbocycles. The predicted octanol–water partition coefficient (Wildman–Crippen LogP) is 3.85. The average Bonchev–Trinajstić information content (AvgIpc) is 2.72. The molecule has 2 aromatic rings. The molecule has 26 heavy (non-hydrogen) atoms. The van der Waals surface area contributed by atoms with Crippen LogP contribution < -0.4 is 10.1 Å². The fraction of sp³-hybridized carbons (Fsp3) is 0.455. The summed E-state index contributed by atoms with van der Waals surface area (Å²) < 4.78 is 11.6. The number of hydrogen-bond donors (Lipinski definition) is 1. The number of piperazine rings is 1. The SMILES string of the molecule is c1ccc(Oc2ccc([C@@H](C3CCOCC3)N3CCNCC3)cc2)cc1. The van der Waals surface area contributed by atoms with Crippen LogP contribution in [0.5, 0.6) is 11.5 Å². The number of benzene rings is 2. The zero-order chi connectivity index (χ0) is 17.6.